The van der Waals surface area contributed by atoms with Gasteiger partial charge >= 0.3 is 0 Å². The predicted octanol–water partition coefficient (Wildman–Crippen LogP) is 0.236. The summed E-state index contributed by atoms with van der Waals surface area (Å²) in [7, 11) is -1.17. The molecule has 0 aromatic carbocycles. The van der Waals surface area contributed by atoms with Gasteiger partial charge in [0.1, 0.15) is 5.54 Å². The first kappa shape index (κ1) is 16.7. The lowest BCUT2D eigenvalue weighted by Crippen LogP contribution is -2.50. The Bertz CT molecular complexity index is 494. The van der Waals surface area contributed by atoms with Crippen LogP contribution in [-0.2, 0) is 10.0 Å². The number of hydrogen-bond donors (Lipinski definition) is 1. The molecule has 2 atom stereocenters. The van der Waals surface area contributed by atoms with Crippen LogP contribution in [0.5, 0.6) is 0 Å². The van der Waals surface area contributed by atoms with Gasteiger partial charge in [-0.15, -0.1) is 0 Å². The quantitative estimate of drug-likeness (QED) is 0.786. The fourth-order valence-electron chi connectivity index (χ4n) is 3.62. The summed E-state index contributed by atoms with van der Waals surface area (Å²) in [6.45, 7) is 3.70. The van der Waals surface area contributed by atoms with Crippen molar-refractivity contribution in [3.05, 3.63) is 0 Å². The van der Waals surface area contributed by atoms with Gasteiger partial charge in [-0.2, -0.15) is 9.57 Å². The molecule has 0 aromatic heterocycles. The van der Waals surface area contributed by atoms with E-state index in [0.29, 0.717) is 19.0 Å². The standard InChI is InChI=1S/C14H26N4O2S/c1-16-14(12-15)6-3-4-13(14)5-7-17-8-10-18(11-9-17)21(2,19)20/h13,16H,3-11H2,1-2H3. The Morgan fingerprint density at radius 3 is 2.52 bits per heavy atom. The Morgan fingerprint density at radius 2 is 2.00 bits per heavy atom. The Balaban J connectivity index is 1.81. The van der Waals surface area contributed by atoms with Crippen molar-refractivity contribution < 1.29 is 8.42 Å². The van der Waals surface area contributed by atoms with Gasteiger partial charge in [-0.25, -0.2) is 8.42 Å². The molecule has 1 aliphatic carbocycles. The molecular weight excluding hydrogens is 288 g/mol. The highest BCUT2D eigenvalue weighted by atomic mass is 32.2. The van der Waals surface area contributed by atoms with E-state index in [-0.39, 0.29) is 5.54 Å². The van der Waals surface area contributed by atoms with Gasteiger partial charge in [-0.1, -0.05) is 6.42 Å². The molecule has 1 N–H and O–H groups in total. The van der Waals surface area contributed by atoms with Crippen LogP contribution < -0.4 is 5.32 Å². The normalized spacial score (nSPS) is 32.1. The summed E-state index contributed by atoms with van der Waals surface area (Å²) in [4.78, 5) is 2.32. The number of nitrogens with zero attached hydrogens (tertiary/aromatic N) is 3. The van der Waals surface area contributed by atoms with Gasteiger partial charge in [0.2, 0.25) is 10.0 Å². The van der Waals surface area contributed by atoms with Crippen molar-refractivity contribution in [2.75, 3.05) is 46.0 Å². The Morgan fingerprint density at radius 1 is 1.33 bits per heavy atom. The number of rotatable bonds is 5. The third-order valence-electron chi connectivity index (χ3n) is 5.06. The fourth-order valence-corrected chi connectivity index (χ4v) is 4.45. The molecule has 7 heteroatoms. The van der Waals surface area contributed by atoms with E-state index in [9.17, 15) is 13.7 Å². The minimum absolute atomic E-state index is 0.353. The Labute approximate surface area is 128 Å². The summed E-state index contributed by atoms with van der Waals surface area (Å²) in [5.41, 5.74) is -0.353. The second kappa shape index (κ2) is 6.61. The van der Waals surface area contributed by atoms with Crippen molar-refractivity contribution in [2.45, 2.75) is 31.2 Å². The summed E-state index contributed by atoms with van der Waals surface area (Å²) < 4.78 is 24.5. The average molecular weight is 314 g/mol. The molecule has 1 heterocycles. The zero-order valence-corrected chi connectivity index (χ0v) is 13.8. The van der Waals surface area contributed by atoms with Crippen molar-refractivity contribution in [3.8, 4) is 6.07 Å². The molecule has 120 valence electrons. The molecule has 2 aliphatic rings. The monoisotopic (exact) mass is 314 g/mol. The zero-order valence-electron chi connectivity index (χ0n) is 13.0. The first-order valence-electron chi connectivity index (χ1n) is 7.69. The summed E-state index contributed by atoms with van der Waals surface area (Å²) in [5.74, 6) is 0.403. The minimum Gasteiger partial charge on any atom is -0.302 e. The molecule has 1 aliphatic heterocycles. The van der Waals surface area contributed by atoms with Crippen LogP contribution in [0.15, 0.2) is 0 Å². The molecule has 2 fully saturated rings. The van der Waals surface area contributed by atoms with Crippen molar-refractivity contribution in [3.63, 3.8) is 0 Å². The second-order valence-electron chi connectivity index (χ2n) is 6.21. The van der Waals surface area contributed by atoms with Crippen molar-refractivity contribution in [2.24, 2.45) is 5.92 Å². The molecule has 0 amide bonds. The first-order chi connectivity index (χ1) is 9.91. The van der Waals surface area contributed by atoms with Crippen LogP contribution in [0.1, 0.15) is 25.7 Å². The summed E-state index contributed by atoms with van der Waals surface area (Å²) in [6.07, 6.45) is 5.44. The van der Waals surface area contributed by atoms with Crippen LogP contribution in [0.4, 0.5) is 0 Å². The molecule has 0 radical (unpaired) electrons. The predicted molar refractivity (Wildman–Crippen MR) is 82.2 cm³/mol. The van der Waals surface area contributed by atoms with Crippen LogP contribution in [0, 0.1) is 17.2 Å². The van der Waals surface area contributed by atoms with Gasteiger partial charge in [0.25, 0.3) is 0 Å². The van der Waals surface area contributed by atoms with Crippen molar-refractivity contribution in [1.82, 2.24) is 14.5 Å². The third kappa shape index (κ3) is 3.75. The summed E-state index contributed by atoms with van der Waals surface area (Å²) in [6, 6.07) is 2.47. The lowest BCUT2D eigenvalue weighted by molar-refractivity contribution is 0.170. The number of nitrogens with one attached hydrogen (secondary N) is 1. The average Bonchev–Trinajstić information content (AvgIpc) is 2.88. The molecular formula is C14H26N4O2S. The Hall–Kier alpha value is -0.680. The highest BCUT2D eigenvalue weighted by molar-refractivity contribution is 7.88. The molecule has 1 saturated heterocycles. The third-order valence-corrected chi connectivity index (χ3v) is 6.36. The van der Waals surface area contributed by atoms with E-state index in [0.717, 1.165) is 45.3 Å². The molecule has 1 saturated carbocycles. The lowest BCUT2D eigenvalue weighted by Gasteiger charge is -2.35. The smallest absolute Gasteiger partial charge is 0.211 e. The molecule has 6 nitrogen and oxygen atoms in total. The van der Waals surface area contributed by atoms with E-state index in [1.807, 2.05) is 7.05 Å². The maximum atomic E-state index is 11.5. The van der Waals surface area contributed by atoms with Gasteiger partial charge in [-0.05, 0) is 38.8 Å². The molecule has 2 unspecified atom stereocenters. The fraction of sp³-hybridized carbons (Fsp3) is 0.929. The van der Waals surface area contributed by atoms with E-state index in [1.165, 1.54) is 6.26 Å². The highest BCUT2D eigenvalue weighted by Crippen LogP contribution is 2.37. The van der Waals surface area contributed by atoms with Gasteiger partial charge in [-0.3, -0.25) is 0 Å². The van der Waals surface area contributed by atoms with E-state index >= 15 is 0 Å². The van der Waals surface area contributed by atoms with Gasteiger partial charge in [0.05, 0.1) is 12.3 Å². The number of hydrogen-bond acceptors (Lipinski definition) is 5. The molecule has 0 aromatic rings. The van der Waals surface area contributed by atoms with E-state index in [2.05, 4.69) is 16.3 Å². The van der Waals surface area contributed by atoms with Crippen LogP contribution in [0.2, 0.25) is 0 Å². The van der Waals surface area contributed by atoms with E-state index < -0.39 is 10.0 Å². The largest absolute Gasteiger partial charge is 0.302 e. The summed E-state index contributed by atoms with van der Waals surface area (Å²) in [5, 5.41) is 12.7. The van der Waals surface area contributed by atoms with Gasteiger partial charge in [0.15, 0.2) is 0 Å². The van der Waals surface area contributed by atoms with Crippen LogP contribution in [-0.4, -0.2) is 69.2 Å². The molecule has 0 spiro atoms. The Kier molecular flexibility index (Phi) is 5.25. The maximum absolute atomic E-state index is 11.5. The molecule has 2 rings (SSSR count). The first-order valence-corrected chi connectivity index (χ1v) is 9.54. The SMILES string of the molecule is CNC1(C#N)CCCC1CCN1CCN(S(C)(=O)=O)CC1. The zero-order chi connectivity index (χ0) is 15.5. The highest BCUT2D eigenvalue weighted by Gasteiger charge is 2.41. The minimum atomic E-state index is -3.05. The van der Waals surface area contributed by atoms with Gasteiger partial charge in [0, 0.05) is 26.2 Å². The number of piperazine rings is 1. The van der Waals surface area contributed by atoms with Crippen molar-refractivity contribution in [1.29, 1.82) is 5.26 Å². The van der Waals surface area contributed by atoms with Crippen LogP contribution >= 0.6 is 0 Å². The van der Waals surface area contributed by atoms with Crippen molar-refractivity contribution >= 4 is 10.0 Å². The van der Waals surface area contributed by atoms with Crippen LogP contribution in [0.25, 0.3) is 0 Å². The second-order valence-corrected chi connectivity index (χ2v) is 8.20. The van der Waals surface area contributed by atoms with E-state index in [4.69, 9.17) is 0 Å². The number of nitriles is 1. The molecule has 21 heavy (non-hydrogen) atoms. The van der Waals surface area contributed by atoms with E-state index in [1.54, 1.807) is 4.31 Å². The van der Waals surface area contributed by atoms with Crippen LogP contribution in [0.3, 0.4) is 0 Å². The topological polar surface area (TPSA) is 76.4 Å². The number of sulfonamides is 1. The lowest BCUT2D eigenvalue weighted by atomic mass is 9.86. The molecule has 0 bridgehead atoms. The van der Waals surface area contributed by atoms with Gasteiger partial charge < -0.3 is 10.2 Å². The maximum Gasteiger partial charge on any atom is 0.211 e. The summed E-state index contributed by atoms with van der Waals surface area (Å²) >= 11 is 0.